The van der Waals surface area contributed by atoms with Crippen molar-refractivity contribution in [2.45, 2.75) is 33.1 Å². The van der Waals surface area contributed by atoms with Crippen LogP contribution in [0.1, 0.15) is 41.3 Å². The van der Waals surface area contributed by atoms with Crippen molar-refractivity contribution in [3.8, 4) is 0 Å². The van der Waals surface area contributed by atoms with Gasteiger partial charge in [-0.05, 0) is 48.4 Å². The summed E-state index contributed by atoms with van der Waals surface area (Å²) in [7, 11) is 0. The van der Waals surface area contributed by atoms with Crippen LogP contribution in [0.3, 0.4) is 0 Å². The Bertz CT molecular complexity index is 1070. The van der Waals surface area contributed by atoms with Crippen molar-refractivity contribution in [2.24, 2.45) is 0 Å². The third-order valence-electron chi connectivity index (χ3n) is 5.44. The maximum atomic E-state index is 12.8. The van der Waals surface area contributed by atoms with Crippen molar-refractivity contribution in [2.75, 3.05) is 16.8 Å². The van der Waals surface area contributed by atoms with Gasteiger partial charge >= 0.3 is 0 Å². The Labute approximate surface area is 165 Å². The third kappa shape index (κ3) is 3.15. The Morgan fingerprint density at radius 1 is 1.04 bits per heavy atom. The van der Waals surface area contributed by atoms with Crippen LogP contribution in [0.5, 0.6) is 0 Å². The second kappa shape index (κ2) is 7.47. The minimum Gasteiger partial charge on any atom is -0.326 e. The molecule has 0 unspecified atom stereocenters. The Hall–Kier alpha value is -3.14. The maximum Gasteiger partial charge on any atom is 0.258 e. The Morgan fingerprint density at radius 2 is 1.79 bits per heavy atom. The fourth-order valence-electron chi connectivity index (χ4n) is 4.00. The highest BCUT2D eigenvalue weighted by Gasteiger charge is 2.29. The van der Waals surface area contributed by atoms with E-state index in [0.717, 1.165) is 45.3 Å². The summed E-state index contributed by atoms with van der Waals surface area (Å²) < 4.78 is 0. The van der Waals surface area contributed by atoms with Crippen molar-refractivity contribution >= 4 is 34.0 Å². The third-order valence-corrected chi connectivity index (χ3v) is 5.44. The minimum atomic E-state index is -0.00799. The summed E-state index contributed by atoms with van der Waals surface area (Å²) >= 11 is 0. The Balaban J connectivity index is 1.42. The van der Waals surface area contributed by atoms with Crippen molar-refractivity contribution in [1.29, 1.82) is 0 Å². The Morgan fingerprint density at radius 3 is 2.57 bits per heavy atom. The number of rotatable bonds is 6. The lowest BCUT2D eigenvalue weighted by atomic mass is 10.1. The summed E-state index contributed by atoms with van der Waals surface area (Å²) in [6.45, 7) is 4.63. The first-order valence-corrected chi connectivity index (χ1v) is 9.82. The van der Waals surface area contributed by atoms with Gasteiger partial charge in [0.2, 0.25) is 5.91 Å². The van der Waals surface area contributed by atoms with Crippen LogP contribution >= 0.6 is 0 Å². The minimum absolute atomic E-state index is 0.00799. The molecule has 3 aromatic carbocycles. The smallest absolute Gasteiger partial charge is 0.258 e. The molecular weight excluding hydrogens is 348 g/mol. The van der Waals surface area contributed by atoms with E-state index in [1.54, 1.807) is 4.90 Å². The summed E-state index contributed by atoms with van der Waals surface area (Å²) in [5.74, 6) is 0.0192. The summed E-state index contributed by atoms with van der Waals surface area (Å²) in [5, 5.41) is 5.16. The quantitative estimate of drug-likeness (QED) is 0.655. The lowest BCUT2D eigenvalue weighted by Gasteiger charge is -2.18. The molecule has 2 amide bonds. The lowest BCUT2D eigenvalue weighted by molar-refractivity contribution is -0.116. The molecule has 0 atom stereocenters. The molecule has 0 saturated carbocycles. The molecule has 1 aliphatic rings. The van der Waals surface area contributed by atoms with Crippen LogP contribution in [0, 0.1) is 6.92 Å². The number of benzene rings is 3. The van der Waals surface area contributed by atoms with Gasteiger partial charge in [-0.25, -0.2) is 0 Å². The fraction of sp³-hybridized carbons (Fsp3) is 0.250. The second-order valence-corrected chi connectivity index (χ2v) is 7.25. The van der Waals surface area contributed by atoms with Crippen LogP contribution in [0.4, 0.5) is 11.4 Å². The van der Waals surface area contributed by atoms with Gasteiger partial charge in [0.15, 0.2) is 0 Å². The monoisotopic (exact) mass is 372 g/mol. The number of aryl methyl sites for hydroxylation is 2. The van der Waals surface area contributed by atoms with Crippen LogP contribution in [-0.2, 0) is 11.2 Å². The first kappa shape index (κ1) is 18.2. The molecule has 0 aliphatic carbocycles. The van der Waals surface area contributed by atoms with Gasteiger partial charge < -0.3 is 10.2 Å². The molecule has 1 heterocycles. The molecule has 0 spiro atoms. The van der Waals surface area contributed by atoms with E-state index in [9.17, 15) is 9.59 Å². The fourth-order valence-corrected chi connectivity index (χ4v) is 4.00. The number of nitrogens with one attached hydrogen (secondary N) is 1. The van der Waals surface area contributed by atoms with E-state index in [4.69, 9.17) is 0 Å². The first-order chi connectivity index (χ1) is 13.6. The number of nitrogens with zero attached hydrogens (tertiary/aromatic N) is 1. The van der Waals surface area contributed by atoms with Gasteiger partial charge in [-0.3, -0.25) is 9.59 Å². The van der Waals surface area contributed by atoms with E-state index in [1.807, 2.05) is 61.5 Å². The highest BCUT2D eigenvalue weighted by molar-refractivity contribution is 6.25. The topological polar surface area (TPSA) is 49.4 Å². The van der Waals surface area contributed by atoms with Gasteiger partial charge in [0.1, 0.15) is 0 Å². The molecule has 0 saturated heterocycles. The molecule has 4 nitrogen and oxygen atoms in total. The SMILES string of the molecule is CCc1cccc(C)c1NC(=O)CCCN1C(=O)c2cccc3cccc1c23. The van der Waals surface area contributed by atoms with Crippen molar-refractivity contribution in [1.82, 2.24) is 0 Å². The summed E-state index contributed by atoms with van der Waals surface area (Å²) in [4.78, 5) is 27.1. The molecule has 142 valence electrons. The summed E-state index contributed by atoms with van der Waals surface area (Å²) in [5.41, 5.74) is 4.84. The predicted molar refractivity (Wildman–Crippen MR) is 114 cm³/mol. The van der Waals surface area contributed by atoms with Gasteiger partial charge in [0.05, 0.1) is 5.69 Å². The normalized spacial score (nSPS) is 12.6. The van der Waals surface area contributed by atoms with Crippen molar-refractivity contribution in [3.05, 3.63) is 71.3 Å². The average molecular weight is 372 g/mol. The highest BCUT2D eigenvalue weighted by atomic mass is 16.2. The molecule has 0 radical (unpaired) electrons. The largest absolute Gasteiger partial charge is 0.326 e. The molecule has 1 N–H and O–H groups in total. The van der Waals surface area contributed by atoms with E-state index in [2.05, 4.69) is 12.2 Å². The molecule has 28 heavy (non-hydrogen) atoms. The van der Waals surface area contributed by atoms with Crippen molar-refractivity contribution < 1.29 is 9.59 Å². The lowest BCUT2D eigenvalue weighted by Crippen LogP contribution is -2.28. The molecule has 3 aromatic rings. The zero-order chi connectivity index (χ0) is 19.7. The zero-order valence-electron chi connectivity index (χ0n) is 16.3. The van der Waals surface area contributed by atoms with E-state index in [1.165, 1.54) is 0 Å². The van der Waals surface area contributed by atoms with E-state index in [0.29, 0.717) is 19.4 Å². The van der Waals surface area contributed by atoms with Gasteiger partial charge in [0.25, 0.3) is 5.91 Å². The number of hydrogen-bond acceptors (Lipinski definition) is 2. The van der Waals surface area contributed by atoms with Gasteiger partial charge in [-0.1, -0.05) is 49.4 Å². The van der Waals surface area contributed by atoms with Gasteiger partial charge in [0, 0.05) is 29.6 Å². The summed E-state index contributed by atoms with van der Waals surface area (Å²) in [6.07, 6.45) is 1.88. The van der Waals surface area contributed by atoms with Crippen LogP contribution in [-0.4, -0.2) is 18.4 Å². The maximum absolute atomic E-state index is 12.8. The molecule has 4 heteroatoms. The zero-order valence-corrected chi connectivity index (χ0v) is 16.3. The number of carbonyl (C=O) groups is 2. The molecule has 1 aliphatic heterocycles. The van der Waals surface area contributed by atoms with Crippen LogP contribution < -0.4 is 10.2 Å². The molecular formula is C24H24N2O2. The average Bonchev–Trinajstić information content (AvgIpc) is 2.97. The Kier molecular flexibility index (Phi) is 4.86. The number of anilines is 2. The second-order valence-electron chi connectivity index (χ2n) is 7.25. The molecule has 0 fully saturated rings. The first-order valence-electron chi connectivity index (χ1n) is 9.82. The molecule has 0 aromatic heterocycles. The van der Waals surface area contributed by atoms with E-state index < -0.39 is 0 Å². The number of hydrogen-bond donors (Lipinski definition) is 1. The van der Waals surface area contributed by atoms with E-state index >= 15 is 0 Å². The standard InChI is InChI=1S/C24H24N2O2/c1-3-17-9-4-8-16(2)23(17)25-21(27)14-7-15-26-20-13-6-11-18-10-5-12-19(22(18)20)24(26)28/h4-6,8-13H,3,7,14-15H2,1-2H3,(H,25,27). The molecule has 4 rings (SSSR count). The van der Waals surface area contributed by atoms with Gasteiger partial charge in [-0.2, -0.15) is 0 Å². The highest BCUT2D eigenvalue weighted by Crippen LogP contribution is 2.37. The number of para-hydroxylation sites is 1. The van der Waals surface area contributed by atoms with Gasteiger partial charge in [-0.15, -0.1) is 0 Å². The van der Waals surface area contributed by atoms with E-state index in [-0.39, 0.29) is 11.8 Å². The molecule has 0 bridgehead atoms. The predicted octanol–water partition coefficient (Wildman–Crippen LogP) is 5.09. The summed E-state index contributed by atoms with van der Waals surface area (Å²) in [6, 6.07) is 17.9. The number of amides is 2. The van der Waals surface area contributed by atoms with Crippen LogP contribution in [0.25, 0.3) is 10.8 Å². The van der Waals surface area contributed by atoms with Crippen LogP contribution in [0.15, 0.2) is 54.6 Å². The van der Waals surface area contributed by atoms with Crippen LogP contribution in [0.2, 0.25) is 0 Å². The number of carbonyl (C=O) groups excluding carboxylic acids is 2. The van der Waals surface area contributed by atoms with Crippen molar-refractivity contribution in [3.63, 3.8) is 0 Å².